The first-order chi connectivity index (χ1) is 7.70. The maximum atomic E-state index is 11.4. The molecule has 0 aromatic heterocycles. The van der Waals surface area contributed by atoms with E-state index < -0.39 is 0 Å². The predicted octanol–water partition coefficient (Wildman–Crippen LogP) is 1.74. The van der Waals surface area contributed by atoms with Gasteiger partial charge in [-0.25, -0.2) is 0 Å². The largest absolute Gasteiger partial charge is 0.468 e. The Kier molecular flexibility index (Phi) is 3.25. The molecule has 86 valence electrons. The SMILES string of the molecule is COC(=O)C1CCN1Cc1cccc(C)c1. The molecule has 1 unspecified atom stereocenters. The van der Waals surface area contributed by atoms with Gasteiger partial charge in [0.1, 0.15) is 6.04 Å². The number of benzene rings is 1. The van der Waals surface area contributed by atoms with Crippen molar-refractivity contribution in [3.8, 4) is 0 Å². The number of esters is 1. The van der Waals surface area contributed by atoms with Gasteiger partial charge in [-0.15, -0.1) is 0 Å². The number of carbonyl (C=O) groups is 1. The third-order valence-electron chi connectivity index (χ3n) is 3.07. The quantitative estimate of drug-likeness (QED) is 0.725. The highest BCUT2D eigenvalue weighted by molar-refractivity contribution is 5.76. The van der Waals surface area contributed by atoms with Gasteiger partial charge in [-0.05, 0) is 18.9 Å². The number of methoxy groups -OCH3 is 1. The predicted molar refractivity (Wildman–Crippen MR) is 62.0 cm³/mol. The monoisotopic (exact) mass is 219 g/mol. The molecule has 1 aromatic carbocycles. The fourth-order valence-electron chi connectivity index (χ4n) is 2.08. The standard InChI is InChI=1S/C13H17NO2/c1-10-4-3-5-11(8-10)9-14-7-6-12(14)13(15)16-2/h3-5,8,12H,6-7,9H2,1-2H3. The summed E-state index contributed by atoms with van der Waals surface area (Å²) in [6, 6.07) is 8.35. The molecule has 0 saturated carbocycles. The molecule has 1 aliphatic rings. The van der Waals surface area contributed by atoms with Crippen LogP contribution in [-0.4, -0.2) is 30.6 Å². The van der Waals surface area contributed by atoms with Crippen LogP contribution >= 0.6 is 0 Å². The van der Waals surface area contributed by atoms with E-state index in [-0.39, 0.29) is 12.0 Å². The molecule has 1 aromatic rings. The second kappa shape index (κ2) is 4.66. The minimum absolute atomic E-state index is 0.0366. The van der Waals surface area contributed by atoms with Gasteiger partial charge in [0, 0.05) is 13.1 Å². The van der Waals surface area contributed by atoms with Gasteiger partial charge < -0.3 is 4.74 Å². The molecule has 1 atom stereocenters. The second-order valence-electron chi connectivity index (χ2n) is 4.29. The minimum atomic E-state index is -0.112. The van der Waals surface area contributed by atoms with Crippen LogP contribution in [0.5, 0.6) is 0 Å². The average Bonchev–Trinajstić information content (AvgIpc) is 2.24. The van der Waals surface area contributed by atoms with Gasteiger partial charge in [0.05, 0.1) is 7.11 Å². The number of carbonyl (C=O) groups excluding carboxylic acids is 1. The average molecular weight is 219 g/mol. The minimum Gasteiger partial charge on any atom is -0.468 e. The van der Waals surface area contributed by atoms with E-state index in [1.165, 1.54) is 18.2 Å². The summed E-state index contributed by atoms with van der Waals surface area (Å²) in [5.74, 6) is -0.112. The summed E-state index contributed by atoms with van der Waals surface area (Å²) < 4.78 is 4.77. The second-order valence-corrected chi connectivity index (χ2v) is 4.29. The lowest BCUT2D eigenvalue weighted by Crippen LogP contribution is -2.52. The Morgan fingerprint density at radius 3 is 2.94 bits per heavy atom. The molecule has 3 heteroatoms. The molecule has 3 nitrogen and oxygen atoms in total. The van der Waals surface area contributed by atoms with Crippen molar-refractivity contribution in [2.75, 3.05) is 13.7 Å². The smallest absolute Gasteiger partial charge is 0.323 e. The fourth-order valence-corrected chi connectivity index (χ4v) is 2.08. The first-order valence-corrected chi connectivity index (χ1v) is 5.58. The number of hydrogen-bond donors (Lipinski definition) is 0. The van der Waals surface area contributed by atoms with Gasteiger partial charge in [-0.3, -0.25) is 9.69 Å². The van der Waals surface area contributed by atoms with Crippen LogP contribution in [0.25, 0.3) is 0 Å². The van der Waals surface area contributed by atoms with Gasteiger partial charge >= 0.3 is 5.97 Å². The highest BCUT2D eigenvalue weighted by atomic mass is 16.5. The third-order valence-corrected chi connectivity index (χ3v) is 3.07. The number of rotatable bonds is 3. The van der Waals surface area contributed by atoms with Gasteiger partial charge in [0.2, 0.25) is 0 Å². The molecule has 0 bridgehead atoms. The summed E-state index contributed by atoms with van der Waals surface area (Å²) in [7, 11) is 1.45. The lowest BCUT2D eigenvalue weighted by Gasteiger charge is -2.38. The topological polar surface area (TPSA) is 29.5 Å². The van der Waals surface area contributed by atoms with Gasteiger partial charge in [-0.1, -0.05) is 29.8 Å². The van der Waals surface area contributed by atoms with Crippen molar-refractivity contribution in [3.63, 3.8) is 0 Å². The van der Waals surface area contributed by atoms with Crippen molar-refractivity contribution in [1.82, 2.24) is 4.90 Å². The highest BCUT2D eigenvalue weighted by Gasteiger charge is 2.34. The number of ether oxygens (including phenoxy) is 1. The van der Waals surface area contributed by atoms with Crippen molar-refractivity contribution in [3.05, 3.63) is 35.4 Å². The molecule has 0 aliphatic carbocycles. The Morgan fingerprint density at radius 1 is 1.56 bits per heavy atom. The van der Waals surface area contributed by atoms with E-state index in [4.69, 9.17) is 4.74 Å². The normalized spacial score (nSPS) is 20.2. The lowest BCUT2D eigenvalue weighted by atomic mass is 10.0. The third kappa shape index (κ3) is 2.25. The maximum Gasteiger partial charge on any atom is 0.323 e. The van der Waals surface area contributed by atoms with E-state index in [0.717, 1.165) is 19.5 Å². The van der Waals surface area contributed by atoms with Crippen LogP contribution in [0.1, 0.15) is 17.5 Å². The van der Waals surface area contributed by atoms with Crippen LogP contribution in [0.4, 0.5) is 0 Å². The Hall–Kier alpha value is -1.35. The first-order valence-electron chi connectivity index (χ1n) is 5.58. The van der Waals surface area contributed by atoms with Gasteiger partial charge in [0.25, 0.3) is 0 Å². The van der Waals surface area contributed by atoms with E-state index in [2.05, 4.69) is 36.1 Å². The van der Waals surface area contributed by atoms with Crippen LogP contribution in [0, 0.1) is 6.92 Å². The summed E-state index contributed by atoms with van der Waals surface area (Å²) in [5.41, 5.74) is 2.52. The van der Waals surface area contributed by atoms with E-state index >= 15 is 0 Å². The van der Waals surface area contributed by atoms with Crippen LogP contribution in [0.3, 0.4) is 0 Å². The molecular formula is C13H17NO2. The Bertz CT molecular complexity index is 389. The Balaban J connectivity index is 1.98. The van der Waals surface area contributed by atoms with Crippen molar-refractivity contribution < 1.29 is 9.53 Å². The fraction of sp³-hybridized carbons (Fsp3) is 0.462. The Labute approximate surface area is 96.0 Å². The summed E-state index contributed by atoms with van der Waals surface area (Å²) in [4.78, 5) is 13.6. The summed E-state index contributed by atoms with van der Waals surface area (Å²) >= 11 is 0. The summed E-state index contributed by atoms with van der Waals surface area (Å²) in [6.07, 6.45) is 0.915. The molecular weight excluding hydrogens is 202 g/mol. The maximum absolute atomic E-state index is 11.4. The molecule has 0 spiro atoms. The molecule has 0 amide bonds. The van der Waals surface area contributed by atoms with Gasteiger partial charge in [-0.2, -0.15) is 0 Å². The van der Waals surface area contributed by atoms with Crippen LogP contribution in [-0.2, 0) is 16.1 Å². The molecule has 1 saturated heterocycles. The molecule has 0 N–H and O–H groups in total. The summed E-state index contributed by atoms with van der Waals surface area (Å²) in [5, 5.41) is 0. The van der Waals surface area contributed by atoms with Crippen molar-refractivity contribution in [1.29, 1.82) is 0 Å². The molecule has 1 aliphatic heterocycles. The van der Waals surface area contributed by atoms with Crippen LogP contribution in [0.2, 0.25) is 0 Å². The first kappa shape index (κ1) is 11.1. The van der Waals surface area contributed by atoms with E-state index in [1.54, 1.807) is 0 Å². The molecule has 16 heavy (non-hydrogen) atoms. The zero-order chi connectivity index (χ0) is 11.5. The molecule has 1 fully saturated rings. The number of likely N-dealkylation sites (tertiary alicyclic amines) is 1. The van der Waals surface area contributed by atoms with Crippen molar-refractivity contribution >= 4 is 5.97 Å². The van der Waals surface area contributed by atoms with Crippen molar-refractivity contribution in [2.45, 2.75) is 25.9 Å². The van der Waals surface area contributed by atoms with E-state index in [0.29, 0.717) is 0 Å². The van der Waals surface area contributed by atoms with Crippen LogP contribution < -0.4 is 0 Å². The zero-order valence-corrected chi connectivity index (χ0v) is 9.77. The van der Waals surface area contributed by atoms with E-state index in [9.17, 15) is 4.79 Å². The Morgan fingerprint density at radius 2 is 2.38 bits per heavy atom. The van der Waals surface area contributed by atoms with Crippen LogP contribution in [0.15, 0.2) is 24.3 Å². The van der Waals surface area contributed by atoms with E-state index in [1.807, 2.05) is 0 Å². The number of hydrogen-bond acceptors (Lipinski definition) is 3. The van der Waals surface area contributed by atoms with Crippen molar-refractivity contribution in [2.24, 2.45) is 0 Å². The molecule has 0 radical (unpaired) electrons. The summed E-state index contributed by atoms with van der Waals surface area (Å²) in [6.45, 7) is 3.90. The zero-order valence-electron chi connectivity index (χ0n) is 9.77. The number of nitrogens with zero attached hydrogens (tertiary/aromatic N) is 1. The molecule has 1 heterocycles. The highest BCUT2D eigenvalue weighted by Crippen LogP contribution is 2.21. The lowest BCUT2D eigenvalue weighted by molar-refractivity contribution is -0.152. The molecule has 2 rings (SSSR count). The van der Waals surface area contributed by atoms with Gasteiger partial charge in [0.15, 0.2) is 0 Å². The number of aryl methyl sites for hydroxylation is 1.